The Morgan fingerprint density at radius 2 is 2.07 bits per heavy atom. The van der Waals surface area contributed by atoms with Crippen LogP contribution in [0.5, 0.6) is 0 Å². The molecule has 0 unspecified atom stereocenters. The van der Waals surface area contributed by atoms with Gasteiger partial charge in [-0.15, -0.1) is 11.3 Å². The normalized spacial score (nSPS) is 17.2. The van der Waals surface area contributed by atoms with E-state index in [1.165, 1.54) is 29.0 Å². The van der Waals surface area contributed by atoms with Crippen molar-refractivity contribution in [3.63, 3.8) is 0 Å². The molecule has 0 saturated carbocycles. The van der Waals surface area contributed by atoms with Gasteiger partial charge in [-0.3, -0.25) is 9.69 Å². The zero-order valence-electron chi connectivity index (χ0n) is 17.4. The minimum absolute atomic E-state index is 0.0226. The Balaban J connectivity index is 1.39. The molecule has 1 aliphatic rings. The molecule has 1 N–H and O–H groups in total. The molecule has 2 aromatic heterocycles. The first-order valence-electron chi connectivity index (χ1n) is 10.4. The summed E-state index contributed by atoms with van der Waals surface area (Å²) in [5.74, 6) is 0.232. The molecule has 3 heterocycles. The quantitative estimate of drug-likeness (QED) is 0.638. The van der Waals surface area contributed by atoms with Gasteiger partial charge < -0.3 is 5.32 Å². The van der Waals surface area contributed by atoms with Crippen LogP contribution in [0.1, 0.15) is 39.5 Å². The Kier molecular flexibility index (Phi) is 6.29. The predicted molar refractivity (Wildman–Crippen MR) is 118 cm³/mol. The highest BCUT2D eigenvalue weighted by Crippen LogP contribution is 2.23. The van der Waals surface area contributed by atoms with Crippen LogP contribution in [-0.2, 0) is 6.54 Å². The number of amides is 1. The molecule has 0 bridgehead atoms. The fraction of sp³-hybridized carbons (Fsp3) is 0.391. The first-order valence-corrected chi connectivity index (χ1v) is 11.2. The second-order valence-electron chi connectivity index (χ2n) is 7.97. The van der Waals surface area contributed by atoms with Gasteiger partial charge in [-0.25, -0.2) is 9.07 Å². The molecule has 1 aliphatic heterocycles. The van der Waals surface area contributed by atoms with E-state index in [0.717, 1.165) is 54.4 Å². The summed E-state index contributed by atoms with van der Waals surface area (Å²) in [5.41, 5.74) is 4.19. The highest BCUT2D eigenvalue weighted by Gasteiger charge is 2.23. The SMILES string of the molecule is Cc1nn(-c2ccc(F)cc2)c(C)c1CN1CCC[C@H](CNC(=O)c2cccs2)C1. The molecule has 1 saturated heterocycles. The van der Waals surface area contributed by atoms with Gasteiger partial charge in [-0.1, -0.05) is 6.07 Å². The summed E-state index contributed by atoms with van der Waals surface area (Å²) >= 11 is 1.47. The summed E-state index contributed by atoms with van der Waals surface area (Å²) in [4.78, 5) is 15.4. The van der Waals surface area contributed by atoms with Crippen LogP contribution in [0, 0.1) is 25.6 Å². The summed E-state index contributed by atoms with van der Waals surface area (Å²) in [6, 6.07) is 10.2. The number of piperidine rings is 1. The van der Waals surface area contributed by atoms with E-state index >= 15 is 0 Å². The Hall–Kier alpha value is -2.51. The van der Waals surface area contributed by atoms with Gasteiger partial charge in [0.05, 0.1) is 16.3 Å². The van der Waals surface area contributed by atoms with E-state index in [2.05, 4.69) is 17.1 Å². The number of halogens is 1. The predicted octanol–water partition coefficient (Wildman–Crippen LogP) is 4.33. The molecule has 0 radical (unpaired) electrons. The summed E-state index contributed by atoms with van der Waals surface area (Å²) in [7, 11) is 0. The molecule has 0 spiro atoms. The van der Waals surface area contributed by atoms with Gasteiger partial charge in [0.25, 0.3) is 5.91 Å². The van der Waals surface area contributed by atoms with Crippen LogP contribution in [0.25, 0.3) is 5.69 Å². The van der Waals surface area contributed by atoms with Crippen LogP contribution in [0.3, 0.4) is 0 Å². The topological polar surface area (TPSA) is 50.2 Å². The Morgan fingerprint density at radius 3 is 2.80 bits per heavy atom. The minimum atomic E-state index is -0.244. The number of aromatic nitrogens is 2. The first-order chi connectivity index (χ1) is 14.5. The molecule has 3 aromatic rings. The number of carbonyl (C=O) groups excluding carboxylic acids is 1. The van der Waals surface area contributed by atoms with Gasteiger partial charge in [-0.2, -0.15) is 5.10 Å². The molecule has 1 fully saturated rings. The lowest BCUT2D eigenvalue weighted by atomic mass is 9.97. The lowest BCUT2D eigenvalue weighted by Crippen LogP contribution is -2.40. The third kappa shape index (κ3) is 4.63. The van der Waals surface area contributed by atoms with Crippen LogP contribution < -0.4 is 5.32 Å². The molecule has 30 heavy (non-hydrogen) atoms. The van der Waals surface area contributed by atoms with Gasteiger partial charge >= 0.3 is 0 Å². The number of thiophene rings is 1. The number of nitrogens with zero attached hydrogens (tertiary/aromatic N) is 3. The number of carbonyl (C=O) groups is 1. The van der Waals surface area contributed by atoms with Crippen LogP contribution in [-0.4, -0.2) is 40.2 Å². The Morgan fingerprint density at radius 1 is 1.27 bits per heavy atom. The number of hydrogen-bond acceptors (Lipinski definition) is 4. The van der Waals surface area contributed by atoms with Crippen molar-refractivity contribution in [2.24, 2.45) is 5.92 Å². The first kappa shape index (κ1) is 20.8. The third-order valence-corrected chi connectivity index (χ3v) is 6.66. The number of nitrogens with one attached hydrogen (secondary N) is 1. The zero-order chi connectivity index (χ0) is 21.1. The molecule has 0 aliphatic carbocycles. The van der Waals surface area contributed by atoms with E-state index < -0.39 is 0 Å². The van der Waals surface area contributed by atoms with Crippen LogP contribution in [0.2, 0.25) is 0 Å². The van der Waals surface area contributed by atoms with Gasteiger partial charge in [0.2, 0.25) is 0 Å². The zero-order valence-corrected chi connectivity index (χ0v) is 18.2. The maximum Gasteiger partial charge on any atom is 0.261 e. The van der Waals surface area contributed by atoms with Gasteiger partial charge in [0, 0.05) is 30.9 Å². The summed E-state index contributed by atoms with van der Waals surface area (Å²) in [6.07, 6.45) is 2.26. The molecular formula is C23H27FN4OS. The number of aryl methyl sites for hydroxylation is 1. The van der Waals surface area contributed by atoms with Gasteiger partial charge in [0.15, 0.2) is 0 Å². The summed E-state index contributed by atoms with van der Waals surface area (Å²) in [6.45, 7) is 7.67. The summed E-state index contributed by atoms with van der Waals surface area (Å²) < 4.78 is 15.2. The fourth-order valence-corrected chi connectivity index (χ4v) is 4.79. The fourth-order valence-electron chi connectivity index (χ4n) is 4.15. The van der Waals surface area contributed by atoms with Crippen molar-refractivity contribution in [1.29, 1.82) is 0 Å². The average Bonchev–Trinajstić information content (AvgIpc) is 3.38. The molecule has 4 rings (SSSR count). The van der Waals surface area contributed by atoms with Crippen molar-refractivity contribution in [3.8, 4) is 5.69 Å². The Bertz CT molecular complexity index is 997. The van der Waals surface area contributed by atoms with Crippen LogP contribution >= 0.6 is 11.3 Å². The maximum atomic E-state index is 13.3. The highest BCUT2D eigenvalue weighted by atomic mass is 32.1. The van der Waals surface area contributed by atoms with Crippen molar-refractivity contribution < 1.29 is 9.18 Å². The van der Waals surface area contributed by atoms with E-state index in [1.54, 1.807) is 12.1 Å². The number of likely N-dealkylation sites (tertiary alicyclic amines) is 1. The van der Waals surface area contributed by atoms with Crippen molar-refractivity contribution in [1.82, 2.24) is 20.0 Å². The lowest BCUT2D eigenvalue weighted by Gasteiger charge is -2.32. The van der Waals surface area contributed by atoms with E-state index in [0.29, 0.717) is 12.5 Å². The second kappa shape index (κ2) is 9.10. The Labute approximate surface area is 180 Å². The maximum absolute atomic E-state index is 13.3. The average molecular weight is 427 g/mol. The monoisotopic (exact) mass is 426 g/mol. The van der Waals surface area contributed by atoms with Gasteiger partial charge in [-0.05, 0) is 74.9 Å². The lowest BCUT2D eigenvalue weighted by molar-refractivity contribution is 0.0934. The molecule has 1 amide bonds. The standard InChI is InChI=1S/C23H27FN4OS/c1-16-21(17(2)28(26-16)20-9-7-19(24)8-10-20)15-27-11-3-5-18(14-27)13-25-23(29)22-6-4-12-30-22/h4,6-10,12,18H,3,5,11,13-15H2,1-2H3,(H,25,29)/t18-/m1/s1. The second-order valence-corrected chi connectivity index (χ2v) is 8.92. The number of benzene rings is 1. The van der Waals surface area contributed by atoms with Crippen molar-refractivity contribution in [2.45, 2.75) is 33.2 Å². The van der Waals surface area contributed by atoms with Crippen LogP contribution in [0.4, 0.5) is 4.39 Å². The highest BCUT2D eigenvalue weighted by molar-refractivity contribution is 7.12. The number of hydrogen-bond donors (Lipinski definition) is 1. The van der Waals surface area contributed by atoms with Gasteiger partial charge in [0.1, 0.15) is 5.82 Å². The van der Waals surface area contributed by atoms with E-state index in [9.17, 15) is 9.18 Å². The molecule has 1 atom stereocenters. The van der Waals surface area contributed by atoms with E-state index in [4.69, 9.17) is 5.10 Å². The van der Waals surface area contributed by atoms with Crippen molar-refractivity contribution in [3.05, 3.63) is 69.4 Å². The molecular weight excluding hydrogens is 399 g/mol. The van der Waals surface area contributed by atoms with E-state index in [1.807, 2.05) is 29.1 Å². The molecule has 7 heteroatoms. The largest absolute Gasteiger partial charge is 0.351 e. The van der Waals surface area contributed by atoms with E-state index in [-0.39, 0.29) is 11.7 Å². The van der Waals surface area contributed by atoms with Crippen molar-refractivity contribution >= 4 is 17.2 Å². The molecule has 1 aromatic carbocycles. The van der Waals surface area contributed by atoms with Crippen molar-refractivity contribution in [2.75, 3.05) is 19.6 Å². The summed E-state index contributed by atoms with van der Waals surface area (Å²) in [5, 5.41) is 9.71. The smallest absolute Gasteiger partial charge is 0.261 e. The third-order valence-electron chi connectivity index (χ3n) is 5.79. The van der Waals surface area contributed by atoms with Crippen LogP contribution in [0.15, 0.2) is 41.8 Å². The molecule has 5 nitrogen and oxygen atoms in total. The molecule has 158 valence electrons. The number of rotatable bonds is 6. The minimum Gasteiger partial charge on any atom is -0.351 e.